The topological polar surface area (TPSA) is 59.8 Å². The minimum absolute atomic E-state index is 0.0105. The molecule has 0 bridgehead atoms. The molecule has 0 radical (unpaired) electrons. The van der Waals surface area contributed by atoms with Crippen LogP contribution in [0.15, 0.2) is 47.6 Å². The number of nitrogens with zero attached hydrogens (tertiary/aromatic N) is 3. The summed E-state index contributed by atoms with van der Waals surface area (Å²) in [5.41, 5.74) is 4.44. The molecule has 0 aliphatic carbocycles. The molecule has 0 unspecified atom stereocenters. The van der Waals surface area contributed by atoms with Gasteiger partial charge >= 0.3 is 0 Å². The molecule has 3 rings (SSSR count). The average Bonchev–Trinajstić information content (AvgIpc) is 3.09. The number of hydrogen-bond donors (Lipinski definition) is 1. The van der Waals surface area contributed by atoms with Gasteiger partial charge in [0.25, 0.3) is 0 Å². The lowest BCUT2D eigenvalue weighted by atomic mass is 10.1. The maximum absolute atomic E-state index is 12.2. The Morgan fingerprint density at radius 1 is 1.17 bits per heavy atom. The Morgan fingerprint density at radius 3 is 2.70 bits per heavy atom. The first-order valence-corrected chi connectivity index (χ1v) is 11.4. The van der Waals surface area contributed by atoms with Gasteiger partial charge in [0.2, 0.25) is 5.91 Å². The van der Waals surface area contributed by atoms with Crippen molar-refractivity contribution >= 4 is 29.3 Å². The Labute approximate surface area is 187 Å². The molecule has 30 heavy (non-hydrogen) atoms. The van der Waals surface area contributed by atoms with Crippen LogP contribution in [0.5, 0.6) is 0 Å². The van der Waals surface area contributed by atoms with Gasteiger partial charge in [0.1, 0.15) is 0 Å². The van der Waals surface area contributed by atoms with Gasteiger partial charge in [-0.05, 0) is 43.0 Å². The van der Waals surface area contributed by atoms with E-state index in [0.717, 1.165) is 22.2 Å². The van der Waals surface area contributed by atoms with E-state index in [1.807, 2.05) is 43.5 Å². The zero-order chi connectivity index (χ0) is 21.7. The number of carbonyl (C=O) groups is 1. The predicted octanol–water partition coefficient (Wildman–Crippen LogP) is 5.49. The number of aromatic nitrogens is 3. The van der Waals surface area contributed by atoms with Crippen molar-refractivity contribution in [3.63, 3.8) is 0 Å². The molecule has 0 fully saturated rings. The zero-order valence-electron chi connectivity index (χ0n) is 17.8. The molecule has 0 saturated heterocycles. The van der Waals surface area contributed by atoms with Crippen molar-refractivity contribution in [2.75, 3.05) is 0 Å². The van der Waals surface area contributed by atoms with E-state index in [1.54, 1.807) is 11.8 Å². The van der Waals surface area contributed by atoms with Crippen LogP contribution < -0.4 is 5.32 Å². The summed E-state index contributed by atoms with van der Waals surface area (Å²) >= 11 is 7.90. The van der Waals surface area contributed by atoms with Gasteiger partial charge in [-0.1, -0.05) is 73.1 Å². The molecule has 0 aliphatic rings. The van der Waals surface area contributed by atoms with Crippen molar-refractivity contribution in [1.29, 1.82) is 0 Å². The average molecular weight is 443 g/mol. The van der Waals surface area contributed by atoms with E-state index < -0.39 is 0 Å². The van der Waals surface area contributed by atoms with Crippen LogP contribution in [-0.4, -0.2) is 20.7 Å². The number of benzene rings is 2. The van der Waals surface area contributed by atoms with Gasteiger partial charge in [0.05, 0.1) is 12.2 Å². The lowest BCUT2D eigenvalue weighted by molar-refractivity contribution is -0.122. The van der Waals surface area contributed by atoms with Gasteiger partial charge in [-0.15, -0.1) is 10.2 Å². The largest absolute Gasteiger partial charge is 0.349 e. The second-order valence-corrected chi connectivity index (χ2v) is 9.20. The van der Waals surface area contributed by atoms with Gasteiger partial charge in [-0.25, -0.2) is 0 Å². The smallest absolute Gasteiger partial charge is 0.220 e. The third-order valence-corrected chi connectivity index (χ3v) is 5.84. The van der Waals surface area contributed by atoms with Gasteiger partial charge in [0.15, 0.2) is 11.0 Å². The Bertz CT molecular complexity index is 1030. The molecular weight excluding hydrogens is 416 g/mol. The van der Waals surface area contributed by atoms with Crippen molar-refractivity contribution in [3.8, 4) is 5.69 Å². The van der Waals surface area contributed by atoms with E-state index in [1.165, 1.54) is 11.1 Å². The van der Waals surface area contributed by atoms with Crippen molar-refractivity contribution in [1.82, 2.24) is 20.1 Å². The Balaban J connectivity index is 1.89. The Morgan fingerprint density at radius 2 is 1.97 bits per heavy atom. The minimum Gasteiger partial charge on any atom is -0.349 e. The molecular formula is C23H27ClN4OS. The molecule has 1 aromatic heterocycles. The van der Waals surface area contributed by atoms with E-state index in [-0.39, 0.29) is 5.91 Å². The van der Waals surface area contributed by atoms with Gasteiger partial charge < -0.3 is 5.32 Å². The summed E-state index contributed by atoms with van der Waals surface area (Å²) in [6.45, 7) is 8.48. The highest BCUT2D eigenvalue weighted by Gasteiger charge is 2.17. The molecule has 7 heteroatoms. The molecule has 0 aliphatic heterocycles. The molecule has 0 spiro atoms. The highest BCUT2D eigenvalue weighted by molar-refractivity contribution is 7.98. The number of thioether (sulfide) groups is 1. The lowest BCUT2D eigenvalue weighted by Gasteiger charge is -2.14. The SMILES string of the molecule is Cc1cccc(CSc2nnc(CNC(=O)CC(C)C)n2-c2cc(Cl)ccc2C)c1. The van der Waals surface area contributed by atoms with Crippen molar-refractivity contribution in [2.45, 2.75) is 51.6 Å². The van der Waals surface area contributed by atoms with Crippen LogP contribution in [0.1, 0.15) is 42.8 Å². The van der Waals surface area contributed by atoms with Crippen molar-refractivity contribution in [3.05, 3.63) is 70.0 Å². The lowest BCUT2D eigenvalue weighted by Crippen LogP contribution is -2.25. The fraction of sp³-hybridized carbons (Fsp3) is 0.348. The molecule has 0 atom stereocenters. The summed E-state index contributed by atoms with van der Waals surface area (Å²) in [6, 6.07) is 14.2. The second kappa shape index (κ2) is 10.1. The summed E-state index contributed by atoms with van der Waals surface area (Å²) in [5.74, 6) is 1.78. The van der Waals surface area contributed by atoms with Crippen LogP contribution >= 0.6 is 23.4 Å². The molecule has 3 aromatic rings. The van der Waals surface area contributed by atoms with Crippen molar-refractivity contribution < 1.29 is 4.79 Å². The van der Waals surface area contributed by atoms with E-state index in [4.69, 9.17) is 11.6 Å². The Hall–Kier alpha value is -2.31. The highest BCUT2D eigenvalue weighted by Crippen LogP contribution is 2.28. The standard InChI is InChI=1S/C23H27ClN4OS/c1-15(2)10-22(29)25-13-21-26-27-23(30-14-18-7-5-6-16(3)11-18)28(21)20-12-19(24)9-8-17(20)4/h5-9,11-12,15H,10,13-14H2,1-4H3,(H,25,29). The maximum Gasteiger partial charge on any atom is 0.220 e. The van der Waals surface area contributed by atoms with Crippen LogP contribution in [0.2, 0.25) is 5.02 Å². The maximum atomic E-state index is 12.2. The number of rotatable bonds is 8. The van der Waals surface area contributed by atoms with Crippen molar-refractivity contribution in [2.24, 2.45) is 5.92 Å². The molecule has 5 nitrogen and oxygen atoms in total. The molecule has 1 heterocycles. The number of amides is 1. The van der Waals surface area contributed by atoms with E-state index in [0.29, 0.717) is 29.7 Å². The van der Waals surface area contributed by atoms with Crippen LogP contribution in [0.3, 0.4) is 0 Å². The summed E-state index contributed by atoms with van der Waals surface area (Å²) in [5, 5.41) is 13.2. The number of hydrogen-bond acceptors (Lipinski definition) is 4. The van der Waals surface area contributed by atoms with E-state index >= 15 is 0 Å². The zero-order valence-corrected chi connectivity index (χ0v) is 19.3. The highest BCUT2D eigenvalue weighted by atomic mass is 35.5. The number of aryl methyl sites for hydroxylation is 2. The number of nitrogens with one attached hydrogen (secondary N) is 1. The fourth-order valence-corrected chi connectivity index (χ4v) is 4.22. The second-order valence-electron chi connectivity index (χ2n) is 7.82. The van der Waals surface area contributed by atoms with Crippen LogP contribution in [-0.2, 0) is 17.1 Å². The van der Waals surface area contributed by atoms with E-state index in [9.17, 15) is 4.79 Å². The molecule has 0 saturated carbocycles. The molecule has 2 aromatic carbocycles. The molecule has 1 N–H and O–H groups in total. The fourth-order valence-electron chi connectivity index (χ4n) is 3.14. The Kier molecular flexibility index (Phi) is 7.56. The molecule has 1 amide bonds. The number of carbonyl (C=O) groups excluding carboxylic acids is 1. The van der Waals surface area contributed by atoms with Gasteiger partial charge in [-0.3, -0.25) is 9.36 Å². The first kappa shape index (κ1) is 22.4. The normalized spacial score (nSPS) is 11.1. The predicted molar refractivity (Wildman–Crippen MR) is 123 cm³/mol. The summed E-state index contributed by atoms with van der Waals surface area (Å²) in [6.07, 6.45) is 0.485. The summed E-state index contributed by atoms with van der Waals surface area (Å²) < 4.78 is 2.00. The summed E-state index contributed by atoms with van der Waals surface area (Å²) in [4.78, 5) is 12.2. The van der Waals surface area contributed by atoms with Crippen LogP contribution in [0.4, 0.5) is 0 Å². The van der Waals surface area contributed by atoms with Gasteiger partial charge in [-0.2, -0.15) is 0 Å². The monoisotopic (exact) mass is 442 g/mol. The minimum atomic E-state index is 0.0105. The van der Waals surface area contributed by atoms with Crippen LogP contribution in [0.25, 0.3) is 5.69 Å². The number of halogens is 1. The van der Waals surface area contributed by atoms with Crippen LogP contribution in [0, 0.1) is 19.8 Å². The quantitative estimate of drug-likeness (QED) is 0.468. The first-order valence-electron chi connectivity index (χ1n) is 9.99. The molecule has 158 valence electrons. The summed E-state index contributed by atoms with van der Waals surface area (Å²) in [7, 11) is 0. The first-order chi connectivity index (χ1) is 14.3. The van der Waals surface area contributed by atoms with E-state index in [2.05, 4.69) is 46.7 Å². The third-order valence-electron chi connectivity index (χ3n) is 4.60. The van der Waals surface area contributed by atoms with Gasteiger partial charge in [0, 0.05) is 17.2 Å². The third kappa shape index (κ3) is 5.86.